The summed E-state index contributed by atoms with van der Waals surface area (Å²) in [5.74, 6) is -0.740. The Bertz CT molecular complexity index is 550. The van der Waals surface area contributed by atoms with Gasteiger partial charge in [-0.3, -0.25) is 14.5 Å². The van der Waals surface area contributed by atoms with E-state index in [9.17, 15) is 9.59 Å². The molecule has 0 spiro atoms. The van der Waals surface area contributed by atoms with Gasteiger partial charge in [0.15, 0.2) is 0 Å². The van der Waals surface area contributed by atoms with E-state index in [0.29, 0.717) is 39.4 Å². The number of carbonyl (C=O) groups is 2. The molecule has 0 N–H and O–H groups in total. The van der Waals surface area contributed by atoms with Crippen LogP contribution in [-0.2, 0) is 20.7 Å². The Morgan fingerprint density at radius 2 is 1.42 bits per heavy atom. The Kier molecular flexibility index (Phi) is 5.82. The monoisotopic (exact) mass is 331 g/mol. The van der Waals surface area contributed by atoms with Crippen molar-refractivity contribution in [2.24, 2.45) is 0 Å². The third kappa shape index (κ3) is 4.33. The largest absolute Gasteiger partial charge is 0.378 e. The maximum Gasteiger partial charge on any atom is 0.312 e. The van der Waals surface area contributed by atoms with E-state index >= 15 is 0 Å². The van der Waals surface area contributed by atoms with Gasteiger partial charge in [0.05, 0.1) is 13.2 Å². The number of hydrogen-bond acceptors (Lipinski definition) is 4. The first kappa shape index (κ1) is 16.9. The van der Waals surface area contributed by atoms with E-state index in [-0.39, 0.29) is 11.8 Å². The molecule has 2 aliphatic heterocycles. The van der Waals surface area contributed by atoms with Crippen LogP contribution < -0.4 is 0 Å². The van der Waals surface area contributed by atoms with Crippen molar-refractivity contribution in [3.8, 4) is 0 Å². The molecule has 24 heavy (non-hydrogen) atoms. The second kappa shape index (κ2) is 8.26. The molecule has 6 nitrogen and oxygen atoms in total. The van der Waals surface area contributed by atoms with Crippen LogP contribution in [0.5, 0.6) is 0 Å². The van der Waals surface area contributed by atoms with Crippen molar-refractivity contribution in [1.82, 2.24) is 14.7 Å². The maximum absolute atomic E-state index is 12.4. The number of hydrogen-bond donors (Lipinski definition) is 0. The number of benzene rings is 1. The van der Waals surface area contributed by atoms with Gasteiger partial charge in [-0.05, 0) is 12.0 Å². The number of ether oxygens (including phenoxy) is 1. The number of piperazine rings is 1. The van der Waals surface area contributed by atoms with Gasteiger partial charge in [-0.25, -0.2) is 0 Å². The molecule has 2 aliphatic rings. The van der Waals surface area contributed by atoms with Gasteiger partial charge in [0.1, 0.15) is 0 Å². The minimum absolute atomic E-state index is 0.361. The highest BCUT2D eigenvalue weighted by Crippen LogP contribution is 2.07. The van der Waals surface area contributed by atoms with Gasteiger partial charge < -0.3 is 14.5 Å². The lowest BCUT2D eigenvalue weighted by Gasteiger charge is -2.35. The number of carbonyl (C=O) groups excluding carboxylic acids is 2. The van der Waals surface area contributed by atoms with Crippen molar-refractivity contribution in [2.75, 3.05) is 59.0 Å². The Morgan fingerprint density at radius 1 is 0.833 bits per heavy atom. The molecule has 0 bridgehead atoms. The molecule has 0 atom stereocenters. The normalized spacial score (nSPS) is 19.3. The van der Waals surface area contributed by atoms with Crippen LogP contribution >= 0.6 is 0 Å². The summed E-state index contributed by atoms with van der Waals surface area (Å²) in [5, 5.41) is 0. The third-order valence-corrected chi connectivity index (χ3v) is 4.70. The molecule has 0 radical (unpaired) electrons. The second-order valence-electron chi connectivity index (χ2n) is 6.27. The van der Waals surface area contributed by atoms with Crippen LogP contribution in [-0.4, -0.2) is 85.5 Å². The lowest BCUT2D eigenvalue weighted by molar-refractivity contribution is -0.155. The number of nitrogens with zero attached hydrogens (tertiary/aromatic N) is 3. The Hall–Kier alpha value is -1.92. The van der Waals surface area contributed by atoms with Gasteiger partial charge in [-0.1, -0.05) is 30.3 Å². The fraction of sp³-hybridized carbons (Fsp3) is 0.556. The van der Waals surface area contributed by atoms with E-state index in [0.717, 1.165) is 26.1 Å². The van der Waals surface area contributed by atoms with Crippen LogP contribution in [0.3, 0.4) is 0 Å². The zero-order chi connectivity index (χ0) is 16.8. The molecule has 0 saturated carbocycles. The van der Waals surface area contributed by atoms with E-state index < -0.39 is 0 Å². The predicted molar refractivity (Wildman–Crippen MR) is 90.6 cm³/mol. The van der Waals surface area contributed by atoms with Gasteiger partial charge >= 0.3 is 11.8 Å². The first-order valence-electron chi connectivity index (χ1n) is 8.66. The highest BCUT2D eigenvalue weighted by atomic mass is 16.5. The predicted octanol–water partition coefficient (Wildman–Crippen LogP) is 0.232. The molecule has 2 fully saturated rings. The summed E-state index contributed by atoms with van der Waals surface area (Å²) < 4.78 is 5.23. The standard InChI is InChI=1S/C18H25N3O3/c22-17(18(23)21-12-14-24-15-13-21)20-10-8-19(9-11-20)7-6-16-4-2-1-3-5-16/h1-5H,6-15H2. The van der Waals surface area contributed by atoms with Crippen molar-refractivity contribution < 1.29 is 14.3 Å². The van der Waals surface area contributed by atoms with Crippen LogP contribution in [0.4, 0.5) is 0 Å². The summed E-state index contributed by atoms with van der Waals surface area (Å²) in [5.41, 5.74) is 1.33. The molecule has 1 aromatic rings. The summed E-state index contributed by atoms with van der Waals surface area (Å²) in [6.45, 7) is 5.97. The van der Waals surface area contributed by atoms with Gasteiger partial charge in [0.25, 0.3) is 0 Å². The fourth-order valence-electron chi connectivity index (χ4n) is 3.14. The minimum atomic E-state index is -0.379. The fourth-order valence-corrected chi connectivity index (χ4v) is 3.14. The molecule has 0 unspecified atom stereocenters. The molecular formula is C18H25N3O3. The quantitative estimate of drug-likeness (QED) is 0.744. The zero-order valence-corrected chi connectivity index (χ0v) is 14.0. The summed E-state index contributed by atoms with van der Waals surface area (Å²) >= 11 is 0. The topological polar surface area (TPSA) is 53.1 Å². The molecule has 130 valence electrons. The first-order valence-corrected chi connectivity index (χ1v) is 8.66. The van der Waals surface area contributed by atoms with Crippen molar-refractivity contribution in [3.05, 3.63) is 35.9 Å². The molecule has 0 aromatic heterocycles. The van der Waals surface area contributed by atoms with Gasteiger partial charge in [-0.15, -0.1) is 0 Å². The van der Waals surface area contributed by atoms with Crippen molar-refractivity contribution >= 4 is 11.8 Å². The van der Waals surface area contributed by atoms with Crippen LogP contribution in [0.25, 0.3) is 0 Å². The van der Waals surface area contributed by atoms with Crippen molar-refractivity contribution in [2.45, 2.75) is 6.42 Å². The smallest absolute Gasteiger partial charge is 0.312 e. The van der Waals surface area contributed by atoms with Crippen LogP contribution in [0.15, 0.2) is 30.3 Å². The highest BCUT2D eigenvalue weighted by Gasteiger charge is 2.30. The number of morpholine rings is 1. The number of rotatable bonds is 3. The van der Waals surface area contributed by atoms with E-state index in [2.05, 4.69) is 29.2 Å². The molecule has 2 amide bonds. The Labute approximate surface area is 143 Å². The summed E-state index contributed by atoms with van der Waals surface area (Å²) in [7, 11) is 0. The lowest BCUT2D eigenvalue weighted by atomic mass is 10.1. The van der Waals surface area contributed by atoms with Crippen LogP contribution in [0.2, 0.25) is 0 Å². The molecule has 3 rings (SSSR count). The average molecular weight is 331 g/mol. The molecular weight excluding hydrogens is 306 g/mol. The van der Waals surface area contributed by atoms with E-state index in [1.807, 2.05) is 6.07 Å². The third-order valence-electron chi connectivity index (χ3n) is 4.70. The van der Waals surface area contributed by atoms with E-state index in [4.69, 9.17) is 4.74 Å². The van der Waals surface area contributed by atoms with Gasteiger partial charge in [-0.2, -0.15) is 0 Å². The number of amides is 2. The van der Waals surface area contributed by atoms with E-state index in [1.54, 1.807) is 9.80 Å². The summed E-state index contributed by atoms with van der Waals surface area (Å²) in [6.07, 6.45) is 1.02. The van der Waals surface area contributed by atoms with Crippen LogP contribution in [0, 0.1) is 0 Å². The van der Waals surface area contributed by atoms with Crippen molar-refractivity contribution in [3.63, 3.8) is 0 Å². The maximum atomic E-state index is 12.4. The molecule has 2 saturated heterocycles. The van der Waals surface area contributed by atoms with E-state index in [1.165, 1.54) is 5.56 Å². The average Bonchev–Trinajstić information content (AvgIpc) is 2.67. The zero-order valence-electron chi connectivity index (χ0n) is 14.0. The Balaban J connectivity index is 1.42. The summed E-state index contributed by atoms with van der Waals surface area (Å²) in [6, 6.07) is 10.4. The molecule has 0 aliphatic carbocycles. The Morgan fingerprint density at radius 3 is 2.04 bits per heavy atom. The molecule has 6 heteroatoms. The summed E-state index contributed by atoms with van der Waals surface area (Å²) in [4.78, 5) is 30.3. The lowest BCUT2D eigenvalue weighted by Crippen LogP contribution is -2.54. The molecule has 1 aromatic carbocycles. The van der Waals surface area contributed by atoms with Gasteiger partial charge in [0.2, 0.25) is 0 Å². The van der Waals surface area contributed by atoms with Gasteiger partial charge in [0, 0.05) is 45.8 Å². The SMILES string of the molecule is O=C(C(=O)N1CCN(CCc2ccccc2)CC1)N1CCOCC1. The minimum Gasteiger partial charge on any atom is -0.378 e. The first-order chi connectivity index (χ1) is 11.7. The van der Waals surface area contributed by atoms with Crippen LogP contribution in [0.1, 0.15) is 5.56 Å². The second-order valence-corrected chi connectivity index (χ2v) is 6.27. The van der Waals surface area contributed by atoms with Crippen molar-refractivity contribution in [1.29, 1.82) is 0 Å². The molecule has 2 heterocycles. The highest BCUT2D eigenvalue weighted by molar-refractivity contribution is 6.34.